The number of hydrogen-bond acceptors (Lipinski definition) is 3. The van der Waals surface area contributed by atoms with Gasteiger partial charge in [-0.3, -0.25) is 0 Å². The van der Waals surface area contributed by atoms with Gasteiger partial charge in [-0.05, 0) is 42.5 Å². The van der Waals surface area contributed by atoms with Crippen LogP contribution in [-0.2, 0) is 0 Å². The minimum absolute atomic E-state index is 0.0313. The number of aromatic carboxylic acids is 1. The fraction of sp³-hybridized carbons (Fsp3) is 0. The van der Waals surface area contributed by atoms with E-state index in [4.69, 9.17) is 16.7 Å². The molecule has 0 saturated carbocycles. The second-order valence-electron chi connectivity index (χ2n) is 3.54. The summed E-state index contributed by atoms with van der Waals surface area (Å²) in [6.45, 7) is 0. The molecule has 5 heteroatoms. The molecule has 0 aliphatic carbocycles. The number of carboxylic acids is 1. The number of hydrogen-bond donors (Lipinski definition) is 2. The lowest BCUT2D eigenvalue weighted by atomic mass is 10.2. The highest BCUT2D eigenvalue weighted by Gasteiger charge is 2.04. The van der Waals surface area contributed by atoms with Crippen LogP contribution in [0.25, 0.3) is 0 Å². The normalized spacial score (nSPS) is 10.3. The van der Waals surface area contributed by atoms with Crippen molar-refractivity contribution in [1.29, 1.82) is 0 Å². The highest BCUT2D eigenvalue weighted by molar-refractivity contribution is 7.99. The van der Waals surface area contributed by atoms with Gasteiger partial charge in [-0.25, -0.2) is 4.79 Å². The van der Waals surface area contributed by atoms with Crippen molar-refractivity contribution in [1.82, 2.24) is 0 Å². The number of phenolic OH excluding ortho intramolecular Hbond substituents is 1. The maximum atomic E-state index is 10.7. The van der Waals surface area contributed by atoms with Gasteiger partial charge in [0.1, 0.15) is 5.75 Å². The molecule has 0 heterocycles. The standard InChI is InChI=1S/C13H9ClO3S/c14-11-6-5-10(7-12(11)15)18-9-3-1-8(2-4-9)13(16)17/h1-7,15H,(H,16,17). The molecular formula is C13H9ClO3S. The molecule has 18 heavy (non-hydrogen) atoms. The SMILES string of the molecule is O=C(O)c1ccc(Sc2ccc(Cl)c(O)c2)cc1. The summed E-state index contributed by atoms with van der Waals surface area (Å²) in [5.74, 6) is -0.917. The molecule has 92 valence electrons. The van der Waals surface area contributed by atoms with Crippen molar-refractivity contribution in [3.8, 4) is 5.75 Å². The molecule has 3 nitrogen and oxygen atoms in total. The van der Waals surface area contributed by atoms with E-state index >= 15 is 0 Å². The van der Waals surface area contributed by atoms with Crippen molar-refractivity contribution in [2.75, 3.05) is 0 Å². The average molecular weight is 281 g/mol. The van der Waals surface area contributed by atoms with E-state index in [1.807, 2.05) is 0 Å². The Morgan fingerprint density at radius 3 is 2.22 bits per heavy atom. The van der Waals surface area contributed by atoms with Crippen molar-refractivity contribution in [2.24, 2.45) is 0 Å². The van der Waals surface area contributed by atoms with Gasteiger partial charge in [0, 0.05) is 9.79 Å². The largest absolute Gasteiger partial charge is 0.506 e. The second kappa shape index (κ2) is 5.33. The lowest BCUT2D eigenvalue weighted by Crippen LogP contribution is -1.94. The molecule has 0 saturated heterocycles. The summed E-state index contributed by atoms with van der Waals surface area (Å²) in [7, 11) is 0. The predicted molar refractivity (Wildman–Crippen MR) is 70.6 cm³/mol. The molecule has 0 spiro atoms. The molecule has 0 bridgehead atoms. The number of benzene rings is 2. The monoisotopic (exact) mass is 280 g/mol. The Morgan fingerprint density at radius 2 is 1.67 bits per heavy atom. The van der Waals surface area contributed by atoms with E-state index in [0.29, 0.717) is 5.02 Å². The molecule has 2 rings (SSSR count). The molecule has 0 aliphatic heterocycles. The van der Waals surface area contributed by atoms with Crippen LogP contribution in [0.4, 0.5) is 0 Å². The molecule has 0 atom stereocenters. The number of halogens is 1. The number of carboxylic acid groups (broad SMARTS) is 1. The second-order valence-corrected chi connectivity index (χ2v) is 5.10. The Hall–Kier alpha value is -1.65. The molecule has 2 aromatic carbocycles. The highest BCUT2D eigenvalue weighted by atomic mass is 35.5. The third kappa shape index (κ3) is 2.97. The highest BCUT2D eigenvalue weighted by Crippen LogP contribution is 2.33. The van der Waals surface area contributed by atoms with Gasteiger partial charge in [-0.15, -0.1) is 0 Å². The summed E-state index contributed by atoms with van der Waals surface area (Å²) in [6, 6.07) is 11.5. The van der Waals surface area contributed by atoms with Gasteiger partial charge in [0.25, 0.3) is 0 Å². The van der Waals surface area contributed by atoms with Gasteiger partial charge >= 0.3 is 5.97 Å². The van der Waals surface area contributed by atoms with Crippen molar-refractivity contribution in [3.63, 3.8) is 0 Å². The van der Waals surface area contributed by atoms with E-state index in [1.165, 1.54) is 11.8 Å². The Kier molecular flexibility index (Phi) is 3.79. The van der Waals surface area contributed by atoms with Crippen molar-refractivity contribution in [3.05, 3.63) is 53.1 Å². The molecule has 0 fully saturated rings. The van der Waals surface area contributed by atoms with Gasteiger partial charge < -0.3 is 10.2 Å². The Bertz CT molecular complexity index is 581. The number of phenols is 1. The summed E-state index contributed by atoms with van der Waals surface area (Å²) in [6.07, 6.45) is 0. The quantitative estimate of drug-likeness (QED) is 0.895. The van der Waals surface area contributed by atoms with E-state index in [-0.39, 0.29) is 11.3 Å². The van der Waals surface area contributed by atoms with Crippen LogP contribution in [0.5, 0.6) is 5.75 Å². The molecule has 2 aromatic rings. The van der Waals surface area contributed by atoms with Crippen molar-refractivity contribution < 1.29 is 15.0 Å². The van der Waals surface area contributed by atoms with Crippen LogP contribution < -0.4 is 0 Å². The van der Waals surface area contributed by atoms with Gasteiger partial charge in [-0.2, -0.15) is 0 Å². The van der Waals surface area contributed by atoms with Crippen molar-refractivity contribution in [2.45, 2.75) is 9.79 Å². The first-order valence-corrected chi connectivity index (χ1v) is 6.25. The Balaban J connectivity index is 2.18. The first-order chi connectivity index (χ1) is 8.56. The average Bonchev–Trinajstić information content (AvgIpc) is 2.34. The minimum atomic E-state index is -0.948. The van der Waals surface area contributed by atoms with E-state index in [1.54, 1.807) is 42.5 Å². The number of carbonyl (C=O) groups is 1. The Labute approximate surface area is 113 Å². The molecule has 0 aliphatic rings. The lowest BCUT2D eigenvalue weighted by Gasteiger charge is -2.04. The third-order valence-electron chi connectivity index (χ3n) is 2.25. The van der Waals surface area contributed by atoms with Crippen molar-refractivity contribution >= 4 is 29.3 Å². The molecule has 2 N–H and O–H groups in total. The zero-order valence-corrected chi connectivity index (χ0v) is 10.7. The van der Waals surface area contributed by atoms with Crippen LogP contribution in [0.3, 0.4) is 0 Å². The summed E-state index contributed by atoms with van der Waals surface area (Å²) >= 11 is 7.13. The predicted octanol–water partition coefficient (Wildman–Crippen LogP) is 3.90. The fourth-order valence-electron chi connectivity index (χ4n) is 1.36. The zero-order valence-electron chi connectivity index (χ0n) is 9.13. The molecular weight excluding hydrogens is 272 g/mol. The van der Waals surface area contributed by atoms with E-state index in [9.17, 15) is 9.90 Å². The summed E-state index contributed by atoms with van der Waals surface area (Å²) in [5.41, 5.74) is 0.248. The first-order valence-electron chi connectivity index (χ1n) is 5.06. The van der Waals surface area contributed by atoms with E-state index in [0.717, 1.165) is 9.79 Å². The molecule has 0 amide bonds. The summed E-state index contributed by atoms with van der Waals surface area (Å²) in [4.78, 5) is 12.4. The Morgan fingerprint density at radius 1 is 1.06 bits per heavy atom. The third-order valence-corrected chi connectivity index (χ3v) is 3.57. The van der Waals surface area contributed by atoms with Crippen LogP contribution in [0, 0.1) is 0 Å². The number of rotatable bonds is 3. The maximum Gasteiger partial charge on any atom is 0.335 e. The van der Waals surface area contributed by atoms with Gasteiger partial charge in [0.15, 0.2) is 0 Å². The van der Waals surface area contributed by atoms with Gasteiger partial charge in [-0.1, -0.05) is 23.4 Å². The van der Waals surface area contributed by atoms with Crippen LogP contribution in [0.15, 0.2) is 52.3 Å². The van der Waals surface area contributed by atoms with E-state index in [2.05, 4.69) is 0 Å². The first kappa shape index (κ1) is 12.8. The molecule has 0 aromatic heterocycles. The smallest absolute Gasteiger partial charge is 0.335 e. The minimum Gasteiger partial charge on any atom is -0.506 e. The van der Waals surface area contributed by atoms with Crippen LogP contribution in [0.1, 0.15) is 10.4 Å². The van der Waals surface area contributed by atoms with Crippen LogP contribution in [-0.4, -0.2) is 16.2 Å². The lowest BCUT2D eigenvalue weighted by molar-refractivity contribution is 0.0697. The topological polar surface area (TPSA) is 57.5 Å². The molecule has 0 unspecified atom stereocenters. The maximum absolute atomic E-state index is 10.7. The van der Waals surface area contributed by atoms with E-state index < -0.39 is 5.97 Å². The summed E-state index contributed by atoms with van der Waals surface area (Å²) < 4.78 is 0. The molecule has 0 radical (unpaired) electrons. The van der Waals surface area contributed by atoms with Gasteiger partial charge in [0.05, 0.1) is 10.6 Å². The van der Waals surface area contributed by atoms with Crippen LogP contribution in [0.2, 0.25) is 5.02 Å². The fourth-order valence-corrected chi connectivity index (χ4v) is 2.33. The number of aromatic hydroxyl groups is 1. The van der Waals surface area contributed by atoms with Crippen LogP contribution >= 0.6 is 23.4 Å². The van der Waals surface area contributed by atoms with Gasteiger partial charge in [0.2, 0.25) is 0 Å². The zero-order chi connectivity index (χ0) is 13.1. The summed E-state index contributed by atoms with van der Waals surface area (Å²) in [5, 5.41) is 18.6.